The maximum Gasteiger partial charge on any atom is 0.266 e. The monoisotopic (exact) mass is 401 g/mol. The van der Waals surface area contributed by atoms with Crippen molar-refractivity contribution in [2.24, 2.45) is 0 Å². The summed E-state index contributed by atoms with van der Waals surface area (Å²) in [5.41, 5.74) is 0.701. The average molecular weight is 402 g/mol. The van der Waals surface area contributed by atoms with Gasteiger partial charge in [-0.15, -0.1) is 0 Å². The second-order valence-corrected chi connectivity index (χ2v) is 8.50. The molecule has 0 unspecified atom stereocenters. The molecule has 1 N–H and O–H groups in total. The van der Waals surface area contributed by atoms with E-state index in [4.69, 9.17) is 11.6 Å². The summed E-state index contributed by atoms with van der Waals surface area (Å²) in [5, 5.41) is 4.40. The molecular weight excluding hydrogens is 382 g/mol. The lowest BCUT2D eigenvalue weighted by Crippen LogP contribution is -2.41. The van der Waals surface area contributed by atoms with Gasteiger partial charge in [-0.1, -0.05) is 41.6 Å². The number of para-hydroxylation sites is 1. The summed E-state index contributed by atoms with van der Waals surface area (Å²) in [5.74, 6) is 0.0374. The number of nitrogens with zero attached hydrogens (tertiary/aromatic N) is 2. The van der Waals surface area contributed by atoms with Gasteiger partial charge in [0, 0.05) is 10.6 Å². The fourth-order valence-corrected chi connectivity index (χ4v) is 3.63. The predicted molar refractivity (Wildman–Crippen MR) is 111 cm³/mol. The number of carbonyl (C=O) groups excluding carboxylic acids is 1. The number of nitrogens with one attached hydrogen (secondary N) is 1. The molecule has 0 saturated carbocycles. The summed E-state index contributed by atoms with van der Waals surface area (Å²) >= 11 is 7.33. The van der Waals surface area contributed by atoms with E-state index in [0.29, 0.717) is 26.8 Å². The Labute approximate surface area is 166 Å². The number of carbonyl (C=O) groups is 1. The Bertz CT molecular complexity index is 1060. The van der Waals surface area contributed by atoms with E-state index in [1.807, 2.05) is 26.8 Å². The molecule has 0 fully saturated rings. The smallest absolute Gasteiger partial charge is 0.266 e. The molecule has 0 saturated heterocycles. The van der Waals surface area contributed by atoms with Crippen LogP contribution in [0.1, 0.15) is 20.8 Å². The first-order valence-electron chi connectivity index (χ1n) is 8.46. The normalized spacial score (nSPS) is 11.6. The summed E-state index contributed by atoms with van der Waals surface area (Å²) < 4.78 is 1.50. The van der Waals surface area contributed by atoms with Crippen molar-refractivity contribution in [3.05, 3.63) is 63.9 Å². The molecule has 1 aromatic heterocycles. The highest BCUT2D eigenvalue weighted by Crippen LogP contribution is 2.23. The van der Waals surface area contributed by atoms with E-state index in [2.05, 4.69) is 10.3 Å². The maximum absolute atomic E-state index is 13.1. The number of thioether (sulfide) groups is 1. The van der Waals surface area contributed by atoms with E-state index in [1.54, 1.807) is 42.5 Å². The number of amides is 1. The van der Waals surface area contributed by atoms with Crippen LogP contribution in [-0.4, -0.2) is 26.8 Å². The Kier molecular flexibility index (Phi) is 5.58. The van der Waals surface area contributed by atoms with Crippen LogP contribution in [0.5, 0.6) is 0 Å². The SMILES string of the molecule is CC(C)(C)NC(=O)CSc1nc2ccccc2c(=O)n1-c1cccc(Cl)c1. The Morgan fingerprint density at radius 2 is 1.93 bits per heavy atom. The topological polar surface area (TPSA) is 64.0 Å². The highest BCUT2D eigenvalue weighted by atomic mass is 35.5. The van der Waals surface area contributed by atoms with Gasteiger partial charge in [0.05, 0.1) is 22.3 Å². The molecule has 7 heteroatoms. The van der Waals surface area contributed by atoms with Gasteiger partial charge in [0.1, 0.15) is 0 Å². The molecule has 2 aromatic carbocycles. The zero-order valence-corrected chi connectivity index (χ0v) is 16.9. The highest BCUT2D eigenvalue weighted by molar-refractivity contribution is 7.99. The molecule has 1 amide bonds. The van der Waals surface area contributed by atoms with Crippen molar-refractivity contribution in [2.75, 3.05) is 5.75 Å². The minimum atomic E-state index is -0.318. The van der Waals surface area contributed by atoms with Gasteiger partial charge in [-0.3, -0.25) is 14.2 Å². The second kappa shape index (κ2) is 7.74. The number of rotatable bonds is 4. The third-order valence-corrected chi connectivity index (χ3v) is 4.83. The first-order valence-corrected chi connectivity index (χ1v) is 9.82. The zero-order valence-electron chi connectivity index (χ0n) is 15.3. The standard InChI is InChI=1S/C20H20ClN3O2S/c1-20(2,3)23-17(25)12-27-19-22-16-10-5-4-9-15(16)18(26)24(19)14-8-6-7-13(21)11-14/h4-11H,12H2,1-3H3,(H,23,25). The molecule has 27 heavy (non-hydrogen) atoms. The average Bonchev–Trinajstić information content (AvgIpc) is 2.58. The van der Waals surface area contributed by atoms with Crippen molar-refractivity contribution in [2.45, 2.75) is 31.5 Å². The van der Waals surface area contributed by atoms with Crippen molar-refractivity contribution in [3.8, 4) is 5.69 Å². The third kappa shape index (κ3) is 4.70. The molecule has 140 valence electrons. The van der Waals surface area contributed by atoms with Gasteiger partial charge in [-0.2, -0.15) is 0 Å². The van der Waals surface area contributed by atoms with E-state index in [9.17, 15) is 9.59 Å². The van der Waals surface area contributed by atoms with E-state index >= 15 is 0 Å². The molecule has 0 aliphatic heterocycles. The van der Waals surface area contributed by atoms with Crippen LogP contribution in [0.2, 0.25) is 5.02 Å². The minimum Gasteiger partial charge on any atom is -0.351 e. The highest BCUT2D eigenvalue weighted by Gasteiger charge is 2.17. The largest absolute Gasteiger partial charge is 0.351 e. The van der Waals surface area contributed by atoms with Crippen LogP contribution in [0.15, 0.2) is 58.5 Å². The van der Waals surface area contributed by atoms with Crippen LogP contribution in [0.25, 0.3) is 16.6 Å². The molecule has 5 nitrogen and oxygen atoms in total. The fourth-order valence-electron chi connectivity index (χ4n) is 2.64. The van der Waals surface area contributed by atoms with Gasteiger partial charge in [0.2, 0.25) is 5.91 Å². The Balaban J connectivity index is 2.06. The van der Waals surface area contributed by atoms with Gasteiger partial charge in [0.15, 0.2) is 5.16 Å². The lowest BCUT2D eigenvalue weighted by atomic mass is 10.1. The first kappa shape index (κ1) is 19.5. The van der Waals surface area contributed by atoms with Crippen LogP contribution in [-0.2, 0) is 4.79 Å². The molecule has 0 aliphatic rings. The van der Waals surface area contributed by atoms with Crippen LogP contribution >= 0.6 is 23.4 Å². The van der Waals surface area contributed by atoms with Crippen molar-refractivity contribution < 1.29 is 4.79 Å². The van der Waals surface area contributed by atoms with Crippen molar-refractivity contribution in [1.29, 1.82) is 0 Å². The summed E-state index contributed by atoms with van der Waals surface area (Å²) in [6.45, 7) is 5.77. The van der Waals surface area contributed by atoms with Gasteiger partial charge < -0.3 is 5.32 Å². The van der Waals surface area contributed by atoms with Crippen LogP contribution < -0.4 is 10.9 Å². The molecule has 1 heterocycles. The van der Waals surface area contributed by atoms with E-state index in [-0.39, 0.29) is 22.8 Å². The summed E-state index contributed by atoms with van der Waals surface area (Å²) in [6.07, 6.45) is 0. The van der Waals surface area contributed by atoms with Gasteiger partial charge >= 0.3 is 0 Å². The lowest BCUT2D eigenvalue weighted by Gasteiger charge is -2.20. The molecule has 3 rings (SSSR count). The molecule has 0 bridgehead atoms. The Morgan fingerprint density at radius 3 is 2.63 bits per heavy atom. The number of hydrogen-bond acceptors (Lipinski definition) is 4. The number of benzene rings is 2. The van der Waals surface area contributed by atoms with Crippen LogP contribution in [0.3, 0.4) is 0 Å². The van der Waals surface area contributed by atoms with Gasteiger partial charge in [0.25, 0.3) is 5.56 Å². The zero-order chi connectivity index (χ0) is 19.6. The number of hydrogen-bond donors (Lipinski definition) is 1. The number of halogens is 1. The molecule has 0 aliphatic carbocycles. The fraction of sp³-hybridized carbons (Fsp3) is 0.250. The first-order chi connectivity index (χ1) is 12.7. The molecule has 0 atom stereocenters. The van der Waals surface area contributed by atoms with Crippen LogP contribution in [0.4, 0.5) is 0 Å². The van der Waals surface area contributed by atoms with Crippen molar-refractivity contribution >= 4 is 40.2 Å². The van der Waals surface area contributed by atoms with Crippen molar-refractivity contribution in [1.82, 2.24) is 14.9 Å². The molecular formula is C20H20ClN3O2S. The third-order valence-electron chi connectivity index (χ3n) is 3.66. The Hall–Kier alpha value is -2.31. The molecule has 0 radical (unpaired) electrons. The summed E-state index contributed by atoms with van der Waals surface area (Å²) in [6, 6.07) is 14.2. The van der Waals surface area contributed by atoms with E-state index in [1.165, 1.54) is 16.3 Å². The van der Waals surface area contributed by atoms with E-state index in [0.717, 1.165) is 0 Å². The maximum atomic E-state index is 13.1. The van der Waals surface area contributed by atoms with Crippen molar-refractivity contribution in [3.63, 3.8) is 0 Å². The second-order valence-electron chi connectivity index (χ2n) is 7.12. The predicted octanol–water partition coefficient (Wildman–Crippen LogP) is 4.05. The summed E-state index contributed by atoms with van der Waals surface area (Å²) in [7, 11) is 0. The lowest BCUT2D eigenvalue weighted by molar-refractivity contribution is -0.119. The quantitative estimate of drug-likeness (QED) is 0.529. The molecule has 0 spiro atoms. The Morgan fingerprint density at radius 1 is 1.19 bits per heavy atom. The summed E-state index contributed by atoms with van der Waals surface area (Å²) in [4.78, 5) is 29.9. The minimum absolute atomic E-state index is 0.118. The molecule has 3 aromatic rings. The number of aromatic nitrogens is 2. The van der Waals surface area contributed by atoms with Gasteiger partial charge in [-0.25, -0.2) is 4.98 Å². The number of fused-ring (bicyclic) bond motifs is 1. The van der Waals surface area contributed by atoms with E-state index < -0.39 is 0 Å². The van der Waals surface area contributed by atoms with Gasteiger partial charge in [-0.05, 0) is 51.1 Å². The van der Waals surface area contributed by atoms with Crippen LogP contribution in [0, 0.1) is 0 Å².